The number of amides is 2. The Hall–Kier alpha value is -0.770. The minimum absolute atomic E-state index is 0.273. The van der Waals surface area contributed by atoms with Gasteiger partial charge in [0.2, 0.25) is 0 Å². The van der Waals surface area contributed by atoms with Gasteiger partial charge in [-0.3, -0.25) is 0 Å². The average molecular weight is 156 g/mol. The average Bonchev–Trinajstić information content (AvgIpc) is 2.29. The molecule has 2 saturated heterocycles. The molecule has 11 heavy (non-hydrogen) atoms. The van der Waals surface area contributed by atoms with Gasteiger partial charge in [-0.2, -0.15) is 0 Å². The first-order chi connectivity index (χ1) is 5.22. The summed E-state index contributed by atoms with van der Waals surface area (Å²) < 4.78 is 5.25. The van der Waals surface area contributed by atoms with Gasteiger partial charge in [0.1, 0.15) is 0 Å². The van der Waals surface area contributed by atoms with Crippen LogP contribution in [0.5, 0.6) is 0 Å². The van der Waals surface area contributed by atoms with Crippen LogP contribution in [0, 0.1) is 5.41 Å². The van der Waals surface area contributed by atoms with Crippen LogP contribution >= 0.6 is 0 Å². The summed E-state index contributed by atoms with van der Waals surface area (Å²) >= 11 is 0. The summed E-state index contributed by atoms with van der Waals surface area (Å²) in [4.78, 5) is 12.3. The molecule has 0 aromatic carbocycles. The van der Waals surface area contributed by atoms with Gasteiger partial charge in [-0.25, -0.2) is 4.79 Å². The molecule has 1 spiro atoms. The van der Waals surface area contributed by atoms with Crippen molar-refractivity contribution in [2.75, 3.05) is 26.3 Å². The molecule has 0 radical (unpaired) electrons. The van der Waals surface area contributed by atoms with Crippen molar-refractivity contribution in [1.82, 2.24) is 4.90 Å². The molecule has 0 unspecified atom stereocenters. The van der Waals surface area contributed by atoms with E-state index in [0.29, 0.717) is 0 Å². The van der Waals surface area contributed by atoms with Crippen molar-refractivity contribution in [3.05, 3.63) is 0 Å². The van der Waals surface area contributed by atoms with Crippen LogP contribution in [-0.2, 0) is 4.74 Å². The highest BCUT2D eigenvalue weighted by Gasteiger charge is 2.47. The number of carbonyl (C=O) groups excluding carboxylic acids is 1. The van der Waals surface area contributed by atoms with E-state index in [1.165, 1.54) is 0 Å². The summed E-state index contributed by atoms with van der Waals surface area (Å²) in [6, 6.07) is -0.303. The van der Waals surface area contributed by atoms with Crippen molar-refractivity contribution < 1.29 is 9.53 Å². The number of urea groups is 1. The lowest BCUT2D eigenvalue weighted by atomic mass is 9.79. The van der Waals surface area contributed by atoms with Crippen LogP contribution in [0.2, 0.25) is 0 Å². The van der Waals surface area contributed by atoms with Gasteiger partial charge in [0.15, 0.2) is 0 Å². The monoisotopic (exact) mass is 156 g/mol. The molecule has 0 saturated carbocycles. The second-order valence-corrected chi connectivity index (χ2v) is 3.50. The molecular weight excluding hydrogens is 144 g/mol. The number of rotatable bonds is 0. The normalized spacial score (nSPS) is 27.1. The molecule has 0 aromatic rings. The van der Waals surface area contributed by atoms with E-state index in [9.17, 15) is 4.79 Å². The first kappa shape index (κ1) is 6.91. The first-order valence-electron chi connectivity index (χ1n) is 3.84. The first-order valence-corrected chi connectivity index (χ1v) is 3.84. The Kier molecular flexibility index (Phi) is 1.32. The fraction of sp³-hybridized carbons (Fsp3) is 0.857. The third-order valence-electron chi connectivity index (χ3n) is 2.55. The maximum atomic E-state index is 10.6. The smallest absolute Gasteiger partial charge is 0.314 e. The maximum Gasteiger partial charge on any atom is 0.314 e. The molecule has 2 N–H and O–H groups in total. The van der Waals surface area contributed by atoms with Crippen LogP contribution in [0.4, 0.5) is 4.79 Å². The highest BCUT2D eigenvalue weighted by atomic mass is 16.5. The SMILES string of the molecule is NC(=O)N1CC2(CCOC2)C1. The number of hydrogen-bond donors (Lipinski definition) is 1. The molecule has 2 fully saturated rings. The van der Waals surface area contributed by atoms with E-state index in [1.54, 1.807) is 4.90 Å². The van der Waals surface area contributed by atoms with Crippen molar-refractivity contribution in [2.24, 2.45) is 11.1 Å². The van der Waals surface area contributed by atoms with E-state index in [0.717, 1.165) is 32.7 Å². The van der Waals surface area contributed by atoms with Crippen molar-refractivity contribution in [2.45, 2.75) is 6.42 Å². The number of hydrogen-bond acceptors (Lipinski definition) is 2. The molecule has 4 heteroatoms. The molecular formula is C7H12N2O2. The zero-order valence-electron chi connectivity index (χ0n) is 6.38. The molecule has 0 bridgehead atoms. The number of likely N-dealkylation sites (tertiary alicyclic amines) is 1. The topological polar surface area (TPSA) is 55.6 Å². The minimum Gasteiger partial charge on any atom is -0.381 e. The van der Waals surface area contributed by atoms with Crippen LogP contribution in [-0.4, -0.2) is 37.2 Å². The van der Waals surface area contributed by atoms with Gasteiger partial charge < -0.3 is 15.4 Å². The van der Waals surface area contributed by atoms with Crippen LogP contribution < -0.4 is 5.73 Å². The van der Waals surface area contributed by atoms with E-state index in [1.807, 2.05) is 0 Å². The van der Waals surface area contributed by atoms with Crippen molar-refractivity contribution in [3.8, 4) is 0 Å². The Bertz CT molecular complexity index is 179. The van der Waals surface area contributed by atoms with E-state index in [4.69, 9.17) is 10.5 Å². The standard InChI is InChI=1S/C7H12N2O2/c8-6(10)9-3-7(4-9)1-2-11-5-7/h1-5H2,(H2,8,10). The molecule has 0 aromatic heterocycles. The molecule has 4 nitrogen and oxygen atoms in total. The predicted octanol–water partition coefficient (Wildman–Crippen LogP) is -0.213. The van der Waals surface area contributed by atoms with E-state index in [-0.39, 0.29) is 11.4 Å². The largest absolute Gasteiger partial charge is 0.381 e. The number of nitrogens with two attached hydrogens (primary N) is 1. The van der Waals surface area contributed by atoms with Crippen molar-refractivity contribution in [1.29, 1.82) is 0 Å². The molecule has 0 aliphatic carbocycles. The Morgan fingerprint density at radius 2 is 2.27 bits per heavy atom. The number of primary amides is 1. The number of nitrogens with zero attached hydrogens (tertiary/aromatic N) is 1. The van der Waals surface area contributed by atoms with Crippen LogP contribution in [0.15, 0.2) is 0 Å². The Balaban J connectivity index is 1.91. The lowest BCUT2D eigenvalue weighted by molar-refractivity contribution is 0.0240. The number of ether oxygens (including phenoxy) is 1. The zero-order valence-corrected chi connectivity index (χ0v) is 6.38. The summed E-state index contributed by atoms with van der Waals surface area (Å²) in [5.74, 6) is 0. The fourth-order valence-corrected chi connectivity index (χ4v) is 1.82. The van der Waals surface area contributed by atoms with E-state index >= 15 is 0 Å². The van der Waals surface area contributed by atoms with Gasteiger partial charge in [-0.1, -0.05) is 0 Å². The second-order valence-electron chi connectivity index (χ2n) is 3.50. The lowest BCUT2D eigenvalue weighted by Crippen LogP contribution is -2.60. The van der Waals surface area contributed by atoms with Crippen molar-refractivity contribution >= 4 is 6.03 Å². The highest BCUT2D eigenvalue weighted by molar-refractivity contribution is 5.73. The predicted molar refractivity (Wildman–Crippen MR) is 39.0 cm³/mol. The van der Waals surface area contributed by atoms with Crippen molar-refractivity contribution in [3.63, 3.8) is 0 Å². The zero-order chi connectivity index (χ0) is 7.90. The quantitative estimate of drug-likeness (QED) is 0.527. The highest BCUT2D eigenvalue weighted by Crippen LogP contribution is 2.37. The second kappa shape index (κ2) is 2.11. The molecule has 2 rings (SSSR count). The third kappa shape index (κ3) is 0.976. The summed E-state index contributed by atoms with van der Waals surface area (Å²) in [5, 5.41) is 0. The van der Waals surface area contributed by atoms with Crippen LogP contribution in [0.1, 0.15) is 6.42 Å². The molecule has 0 atom stereocenters. The van der Waals surface area contributed by atoms with Crippen LogP contribution in [0.25, 0.3) is 0 Å². The molecule has 2 heterocycles. The maximum absolute atomic E-state index is 10.6. The van der Waals surface area contributed by atoms with Gasteiger partial charge in [0, 0.05) is 25.1 Å². The number of carbonyl (C=O) groups is 1. The molecule has 2 aliphatic heterocycles. The Labute approximate surface area is 65.3 Å². The summed E-state index contributed by atoms with van der Waals surface area (Å²) in [6.07, 6.45) is 1.08. The molecule has 2 aliphatic rings. The van der Waals surface area contributed by atoms with Gasteiger partial charge in [0.25, 0.3) is 0 Å². The van der Waals surface area contributed by atoms with Crippen LogP contribution in [0.3, 0.4) is 0 Å². The fourth-order valence-electron chi connectivity index (χ4n) is 1.82. The summed E-state index contributed by atoms with van der Waals surface area (Å²) in [6.45, 7) is 3.23. The summed E-state index contributed by atoms with van der Waals surface area (Å²) in [7, 11) is 0. The Morgan fingerprint density at radius 1 is 1.55 bits per heavy atom. The van der Waals surface area contributed by atoms with Gasteiger partial charge in [-0.15, -0.1) is 0 Å². The van der Waals surface area contributed by atoms with E-state index < -0.39 is 0 Å². The van der Waals surface area contributed by atoms with E-state index in [2.05, 4.69) is 0 Å². The minimum atomic E-state index is -0.303. The molecule has 62 valence electrons. The summed E-state index contributed by atoms with van der Waals surface area (Å²) in [5.41, 5.74) is 5.37. The van der Waals surface area contributed by atoms with Gasteiger partial charge >= 0.3 is 6.03 Å². The van der Waals surface area contributed by atoms with Gasteiger partial charge in [-0.05, 0) is 6.42 Å². The molecule has 2 amide bonds. The van der Waals surface area contributed by atoms with Gasteiger partial charge in [0.05, 0.1) is 6.61 Å². The Morgan fingerprint density at radius 3 is 2.73 bits per heavy atom. The third-order valence-corrected chi connectivity index (χ3v) is 2.55. The lowest BCUT2D eigenvalue weighted by Gasteiger charge is -2.46.